The molecular formula is C22H17N3O2. The third kappa shape index (κ3) is 3.48. The van der Waals surface area contributed by atoms with Crippen molar-refractivity contribution in [3.8, 4) is 11.3 Å². The molecule has 0 aliphatic heterocycles. The zero-order valence-electron chi connectivity index (χ0n) is 14.7. The average Bonchev–Trinajstić information content (AvgIpc) is 3.26. The maximum absolute atomic E-state index is 12.8. The second-order valence-corrected chi connectivity index (χ2v) is 6.05. The molecule has 0 aliphatic rings. The standard InChI is InChI=1S/C22H17N3O2/c1-15(21-12-7-13-27-21)24-25-22(26)18-14-20(16-8-3-2-4-9-16)23-19-11-6-5-10-17(18)19/h2-14H,1H3,(H,25,26)/b24-15+. The van der Waals surface area contributed by atoms with Gasteiger partial charge in [-0.3, -0.25) is 4.79 Å². The number of aromatic nitrogens is 1. The van der Waals surface area contributed by atoms with Gasteiger partial charge in [-0.25, -0.2) is 10.4 Å². The minimum atomic E-state index is -0.295. The highest BCUT2D eigenvalue weighted by Crippen LogP contribution is 2.24. The van der Waals surface area contributed by atoms with Crippen molar-refractivity contribution in [3.63, 3.8) is 0 Å². The summed E-state index contributed by atoms with van der Waals surface area (Å²) in [6.07, 6.45) is 1.57. The van der Waals surface area contributed by atoms with Gasteiger partial charge in [0, 0.05) is 10.9 Å². The van der Waals surface area contributed by atoms with E-state index in [0.29, 0.717) is 17.0 Å². The van der Waals surface area contributed by atoms with E-state index in [1.807, 2.05) is 54.6 Å². The van der Waals surface area contributed by atoms with Gasteiger partial charge in [-0.05, 0) is 31.2 Å². The number of hydrogen-bond donors (Lipinski definition) is 1. The van der Waals surface area contributed by atoms with Crippen LogP contribution in [0.25, 0.3) is 22.2 Å². The van der Waals surface area contributed by atoms with Gasteiger partial charge < -0.3 is 4.42 Å². The largest absolute Gasteiger partial charge is 0.463 e. The van der Waals surface area contributed by atoms with Gasteiger partial charge in [-0.15, -0.1) is 0 Å². The van der Waals surface area contributed by atoms with E-state index in [9.17, 15) is 4.79 Å². The van der Waals surface area contributed by atoms with Crippen LogP contribution in [0.5, 0.6) is 0 Å². The molecule has 0 aliphatic carbocycles. The van der Waals surface area contributed by atoms with Gasteiger partial charge in [0.25, 0.3) is 5.91 Å². The quantitative estimate of drug-likeness (QED) is 0.428. The Balaban J connectivity index is 1.73. The summed E-state index contributed by atoms with van der Waals surface area (Å²) in [4.78, 5) is 17.5. The molecule has 0 fully saturated rings. The second-order valence-electron chi connectivity index (χ2n) is 6.05. The number of nitrogens with zero attached hydrogens (tertiary/aromatic N) is 2. The molecule has 0 spiro atoms. The highest BCUT2D eigenvalue weighted by atomic mass is 16.3. The zero-order valence-corrected chi connectivity index (χ0v) is 14.7. The molecule has 2 heterocycles. The van der Waals surface area contributed by atoms with Crippen LogP contribution >= 0.6 is 0 Å². The topological polar surface area (TPSA) is 67.5 Å². The van der Waals surface area contributed by atoms with Crippen molar-refractivity contribution in [2.45, 2.75) is 6.92 Å². The Bertz CT molecular complexity index is 1120. The van der Waals surface area contributed by atoms with Crippen molar-refractivity contribution in [1.82, 2.24) is 10.4 Å². The number of carbonyl (C=O) groups excluding carboxylic acids is 1. The number of rotatable bonds is 4. The Morgan fingerprint density at radius 2 is 1.78 bits per heavy atom. The van der Waals surface area contributed by atoms with Crippen LogP contribution in [0, 0.1) is 0 Å². The predicted octanol–water partition coefficient (Wildman–Crippen LogP) is 4.65. The normalized spacial score (nSPS) is 11.5. The molecule has 4 rings (SSSR count). The van der Waals surface area contributed by atoms with E-state index in [-0.39, 0.29) is 5.91 Å². The second kappa shape index (κ2) is 7.25. The van der Waals surface area contributed by atoms with Crippen LogP contribution in [0.2, 0.25) is 0 Å². The van der Waals surface area contributed by atoms with E-state index in [4.69, 9.17) is 9.40 Å². The summed E-state index contributed by atoms with van der Waals surface area (Å²) in [6, 6.07) is 22.7. The molecule has 0 unspecified atom stereocenters. The van der Waals surface area contributed by atoms with Crippen LogP contribution in [0.1, 0.15) is 23.0 Å². The molecule has 0 bridgehead atoms. The van der Waals surface area contributed by atoms with Gasteiger partial charge in [-0.1, -0.05) is 48.5 Å². The smallest absolute Gasteiger partial charge is 0.272 e. The number of carbonyl (C=O) groups is 1. The highest BCUT2D eigenvalue weighted by molar-refractivity contribution is 6.07. The van der Waals surface area contributed by atoms with Crippen LogP contribution in [0.3, 0.4) is 0 Å². The first kappa shape index (κ1) is 16.7. The molecule has 5 heteroatoms. The van der Waals surface area contributed by atoms with Crippen molar-refractivity contribution in [2.24, 2.45) is 5.10 Å². The first-order valence-electron chi connectivity index (χ1n) is 8.56. The Morgan fingerprint density at radius 3 is 2.56 bits per heavy atom. The lowest BCUT2D eigenvalue weighted by Gasteiger charge is -2.09. The molecule has 0 atom stereocenters. The number of benzene rings is 2. The summed E-state index contributed by atoms with van der Waals surface area (Å²) in [5, 5.41) is 4.93. The number of hydrogen-bond acceptors (Lipinski definition) is 4. The van der Waals surface area contributed by atoms with Crippen molar-refractivity contribution in [2.75, 3.05) is 0 Å². The summed E-state index contributed by atoms with van der Waals surface area (Å²) >= 11 is 0. The van der Waals surface area contributed by atoms with Gasteiger partial charge in [0.1, 0.15) is 11.5 Å². The Morgan fingerprint density at radius 1 is 1.00 bits per heavy atom. The van der Waals surface area contributed by atoms with Crippen LogP contribution in [-0.4, -0.2) is 16.6 Å². The van der Waals surface area contributed by atoms with Gasteiger partial charge in [0.05, 0.1) is 23.0 Å². The molecule has 132 valence electrons. The maximum Gasteiger partial charge on any atom is 0.272 e. The van der Waals surface area contributed by atoms with Crippen molar-refractivity contribution in [1.29, 1.82) is 0 Å². The van der Waals surface area contributed by atoms with E-state index in [1.165, 1.54) is 0 Å². The first-order valence-corrected chi connectivity index (χ1v) is 8.56. The monoisotopic (exact) mass is 355 g/mol. The Labute approximate surface area is 156 Å². The fourth-order valence-corrected chi connectivity index (χ4v) is 2.85. The lowest BCUT2D eigenvalue weighted by Crippen LogP contribution is -2.20. The maximum atomic E-state index is 12.8. The Hall–Kier alpha value is -3.73. The third-order valence-corrected chi connectivity index (χ3v) is 4.23. The fraction of sp³-hybridized carbons (Fsp3) is 0.0455. The van der Waals surface area contributed by atoms with Crippen LogP contribution in [0.15, 0.2) is 88.6 Å². The molecule has 0 saturated heterocycles. The summed E-state index contributed by atoms with van der Waals surface area (Å²) < 4.78 is 5.29. The number of fused-ring (bicyclic) bond motifs is 1. The highest BCUT2D eigenvalue weighted by Gasteiger charge is 2.14. The molecule has 0 saturated carbocycles. The number of hydrazone groups is 1. The minimum absolute atomic E-state index is 0.295. The van der Waals surface area contributed by atoms with E-state index < -0.39 is 0 Å². The van der Waals surface area contributed by atoms with Crippen LogP contribution < -0.4 is 5.43 Å². The molecular weight excluding hydrogens is 338 g/mol. The van der Waals surface area contributed by atoms with Crippen LogP contribution in [-0.2, 0) is 0 Å². The minimum Gasteiger partial charge on any atom is -0.463 e. The number of amides is 1. The summed E-state index contributed by atoms with van der Waals surface area (Å²) in [5.74, 6) is 0.316. The molecule has 2 aromatic heterocycles. The van der Waals surface area contributed by atoms with Gasteiger partial charge in [0.2, 0.25) is 0 Å². The van der Waals surface area contributed by atoms with Crippen molar-refractivity contribution in [3.05, 3.63) is 90.4 Å². The van der Waals surface area contributed by atoms with Crippen molar-refractivity contribution < 1.29 is 9.21 Å². The summed E-state index contributed by atoms with van der Waals surface area (Å²) in [7, 11) is 0. The molecule has 27 heavy (non-hydrogen) atoms. The van der Waals surface area contributed by atoms with Gasteiger partial charge in [0.15, 0.2) is 0 Å². The third-order valence-electron chi connectivity index (χ3n) is 4.23. The average molecular weight is 355 g/mol. The van der Waals surface area contributed by atoms with Crippen LogP contribution in [0.4, 0.5) is 0 Å². The van der Waals surface area contributed by atoms with E-state index in [0.717, 1.165) is 22.2 Å². The first-order chi connectivity index (χ1) is 13.2. The van der Waals surface area contributed by atoms with E-state index in [1.54, 1.807) is 31.4 Å². The van der Waals surface area contributed by atoms with Crippen molar-refractivity contribution >= 4 is 22.5 Å². The number of nitrogens with one attached hydrogen (secondary N) is 1. The zero-order chi connectivity index (χ0) is 18.6. The van der Waals surface area contributed by atoms with Gasteiger partial charge >= 0.3 is 0 Å². The summed E-state index contributed by atoms with van der Waals surface area (Å²) in [6.45, 7) is 1.78. The molecule has 1 N–H and O–H groups in total. The number of pyridine rings is 1. The molecule has 2 aromatic carbocycles. The molecule has 5 nitrogen and oxygen atoms in total. The Kier molecular flexibility index (Phi) is 4.49. The SMILES string of the molecule is C/C(=N\NC(=O)c1cc(-c2ccccc2)nc2ccccc12)c1ccco1. The lowest BCUT2D eigenvalue weighted by molar-refractivity contribution is 0.0956. The molecule has 1 amide bonds. The van der Waals surface area contributed by atoms with E-state index in [2.05, 4.69) is 10.5 Å². The lowest BCUT2D eigenvalue weighted by atomic mass is 10.0. The molecule has 0 radical (unpaired) electrons. The van der Waals surface area contributed by atoms with Gasteiger partial charge in [-0.2, -0.15) is 5.10 Å². The fourth-order valence-electron chi connectivity index (χ4n) is 2.85. The number of para-hydroxylation sites is 1. The number of furan rings is 1. The summed E-state index contributed by atoms with van der Waals surface area (Å²) in [5.41, 5.74) is 6.19. The molecule has 4 aromatic rings. The van der Waals surface area contributed by atoms with E-state index >= 15 is 0 Å². The predicted molar refractivity (Wildman–Crippen MR) is 106 cm³/mol.